The number of rotatable bonds is 6. The van der Waals surface area contributed by atoms with Gasteiger partial charge in [-0.3, -0.25) is 0 Å². The number of hydrogen-bond acceptors (Lipinski definition) is 5. The first-order valence-electron chi connectivity index (χ1n) is 6.50. The largest absolute Gasteiger partial charge is 0.493 e. The van der Waals surface area contributed by atoms with Gasteiger partial charge >= 0.3 is 5.95 Å². The normalized spacial score (nSPS) is 9.32. The van der Waals surface area contributed by atoms with Crippen LogP contribution in [0.25, 0.3) is 0 Å². The summed E-state index contributed by atoms with van der Waals surface area (Å²) in [5.41, 5.74) is 0. The van der Waals surface area contributed by atoms with Crippen LogP contribution >= 0.6 is 0 Å². The Morgan fingerprint density at radius 2 is 1.23 bits per heavy atom. The molecular formula is C17H15NO4. The molecular weight excluding hydrogens is 282 g/mol. The molecule has 2 aromatic rings. The fraction of sp³-hybridized carbons (Fsp3) is 0.118. The lowest BCUT2D eigenvalue weighted by atomic mass is 10.3. The molecule has 0 amide bonds. The molecule has 0 saturated carbocycles. The molecule has 0 aromatic heterocycles. The summed E-state index contributed by atoms with van der Waals surface area (Å²) in [6.45, 7) is 0. The van der Waals surface area contributed by atoms with E-state index in [1.807, 2.05) is 18.2 Å². The molecule has 0 N–H and O–H groups in total. The molecule has 0 atom stereocenters. The number of ether oxygens (including phenoxy) is 4. The third kappa shape index (κ3) is 3.70. The van der Waals surface area contributed by atoms with Crippen LogP contribution in [0.15, 0.2) is 60.6 Å². The third-order valence-corrected chi connectivity index (χ3v) is 2.74. The van der Waals surface area contributed by atoms with Gasteiger partial charge in [0.1, 0.15) is 0 Å². The van der Waals surface area contributed by atoms with Gasteiger partial charge in [0, 0.05) is 0 Å². The number of para-hydroxylation sites is 4. The maximum Gasteiger partial charge on any atom is 0.301 e. The van der Waals surface area contributed by atoms with Gasteiger partial charge in [0.05, 0.1) is 26.4 Å². The van der Waals surface area contributed by atoms with Crippen molar-refractivity contribution >= 4 is 0 Å². The van der Waals surface area contributed by atoms with Crippen LogP contribution in [0.2, 0.25) is 0 Å². The van der Waals surface area contributed by atoms with Crippen LogP contribution < -0.4 is 18.9 Å². The SMILES string of the molecule is COc1ccccc1OC(=CC#N)Oc1ccccc1OC. The minimum Gasteiger partial charge on any atom is -0.493 e. The highest BCUT2D eigenvalue weighted by molar-refractivity contribution is 5.42. The van der Waals surface area contributed by atoms with Gasteiger partial charge in [0.15, 0.2) is 23.0 Å². The highest BCUT2D eigenvalue weighted by Gasteiger charge is 2.11. The Kier molecular flexibility index (Phi) is 5.27. The fourth-order valence-corrected chi connectivity index (χ4v) is 1.76. The molecule has 0 unspecified atom stereocenters. The van der Waals surface area contributed by atoms with Crippen LogP contribution in [-0.4, -0.2) is 14.2 Å². The number of hydrogen-bond donors (Lipinski definition) is 0. The van der Waals surface area contributed by atoms with Crippen molar-refractivity contribution in [2.45, 2.75) is 0 Å². The van der Waals surface area contributed by atoms with Crippen molar-refractivity contribution in [2.24, 2.45) is 0 Å². The molecule has 0 aliphatic rings. The molecule has 22 heavy (non-hydrogen) atoms. The van der Waals surface area contributed by atoms with E-state index in [1.54, 1.807) is 36.4 Å². The van der Waals surface area contributed by atoms with Crippen LogP contribution in [0.5, 0.6) is 23.0 Å². The number of nitrogens with zero attached hydrogens (tertiary/aromatic N) is 1. The molecule has 2 rings (SSSR count). The van der Waals surface area contributed by atoms with Gasteiger partial charge in [0.2, 0.25) is 0 Å². The monoisotopic (exact) mass is 297 g/mol. The molecule has 0 saturated heterocycles. The van der Waals surface area contributed by atoms with E-state index in [1.165, 1.54) is 20.3 Å². The summed E-state index contributed by atoms with van der Waals surface area (Å²) in [5, 5.41) is 8.90. The number of nitriles is 1. The highest BCUT2D eigenvalue weighted by atomic mass is 16.7. The van der Waals surface area contributed by atoms with E-state index in [0.29, 0.717) is 23.0 Å². The quantitative estimate of drug-likeness (QED) is 0.603. The fourth-order valence-electron chi connectivity index (χ4n) is 1.76. The van der Waals surface area contributed by atoms with Crippen LogP contribution in [-0.2, 0) is 0 Å². The summed E-state index contributed by atoms with van der Waals surface area (Å²) in [6, 6.07) is 16.1. The van der Waals surface area contributed by atoms with Gasteiger partial charge in [-0.25, -0.2) is 0 Å². The van der Waals surface area contributed by atoms with Crippen molar-refractivity contribution in [1.82, 2.24) is 0 Å². The standard InChI is InChI=1S/C17H15NO4/c1-19-13-7-3-5-9-15(13)21-17(11-12-18)22-16-10-6-4-8-14(16)20-2/h3-11H,1-2H3. The first kappa shape index (κ1) is 15.3. The van der Waals surface area contributed by atoms with E-state index in [4.69, 9.17) is 24.2 Å². The van der Waals surface area contributed by atoms with Gasteiger partial charge in [-0.05, 0) is 24.3 Å². The minimum absolute atomic E-state index is 0.0245. The van der Waals surface area contributed by atoms with Crippen LogP contribution in [0.3, 0.4) is 0 Å². The summed E-state index contributed by atoms with van der Waals surface area (Å²) in [4.78, 5) is 0. The summed E-state index contributed by atoms with van der Waals surface area (Å²) >= 11 is 0. The van der Waals surface area contributed by atoms with Crippen molar-refractivity contribution in [1.29, 1.82) is 5.26 Å². The van der Waals surface area contributed by atoms with E-state index in [0.717, 1.165) is 0 Å². The van der Waals surface area contributed by atoms with E-state index in [2.05, 4.69) is 0 Å². The average Bonchev–Trinajstić information content (AvgIpc) is 2.56. The van der Waals surface area contributed by atoms with E-state index >= 15 is 0 Å². The lowest BCUT2D eigenvalue weighted by Gasteiger charge is -2.14. The van der Waals surface area contributed by atoms with Crippen LogP contribution in [0.4, 0.5) is 0 Å². The third-order valence-electron chi connectivity index (χ3n) is 2.74. The Morgan fingerprint density at radius 1 is 0.818 bits per heavy atom. The number of methoxy groups -OCH3 is 2. The molecule has 112 valence electrons. The molecule has 5 heteroatoms. The Balaban J connectivity index is 2.25. The van der Waals surface area contributed by atoms with Gasteiger partial charge in [-0.2, -0.15) is 5.26 Å². The molecule has 0 bridgehead atoms. The van der Waals surface area contributed by atoms with E-state index in [9.17, 15) is 0 Å². The Hall–Kier alpha value is -3.13. The average molecular weight is 297 g/mol. The second kappa shape index (κ2) is 7.60. The van der Waals surface area contributed by atoms with Crippen molar-refractivity contribution in [3.05, 3.63) is 60.6 Å². The summed E-state index contributed by atoms with van der Waals surface area (Å²) in [5.74, 6) is 1.99. The Bertz CT molecular complexity index is 652. The lowest BCUT2D eigenvalue weighted by molar-refractivity contribution is 0.213. The summed E-state index contributed by atoms with van der Waals surface area (Å²) in [6.07, 6.45) is 1.17. The highest BCUT2D eigenvalue weighted by Crippen LogP contribution is 2.31. The zero-order valence-corrected chi connectivity index (χ0v) is 12.3. The number of allylic oxidation sites excluding steroid dienone is 1. The first-order valence-corrected chi connectivity index (χ1v) is 6.50. The van der Waals surface area contributed by atoms with Crippen LogP contribution in [0, 0.1) is 11.3 Å². The first-order chi connectivity index (χ1) is 10.8. The molecule has 0 radical (unpaired) electrons. The predicted octanol–water partition coefficient (Wildman–Crippen LogP) is 3.53. The second-order valence-electron chi connectivity index (χ2n) is 4.10. The van der Waals surface area contributed by atoms with Crippen molar-refractivity contribution < 1.29 is 18.9 Å². The maximum atomic E-state index is 8.90. The smallest absolute Gasteiger partial charge is 0.301 e. The predicted molar refractivity (Wildman–Crippen MR) is 80.9 cm³/mol. The summed E-state index contributed by atoms with van der Waals surface area (Å²) in [7, 11) is 3.08. The molecule has 0 aliphatic carbocycles. The zero-order chi connectivity index (χ0) is 15.8. The lowest BCUT2D eigenvalue weighted by Crippen LogP contribution is -2.05. The van der Waals surface area contributed by atoms with Crippen molar-refractivity contribution in [2.75, 3.05) is 14.2 Å². The minimum atomic E-state index is 0.0245. The molecule has 0 fully saturated rings. The van der Waals surface area contributed by atoms with E-state index < -0.39 is 0 Å². The van der Waals surface area contributed by atoms with Gasteiger partial charge < -0.3 is 18.9 Å². The second-order valence-corrected chi connectivity index (χ2v) is 4.10. The Morgan fingerprint density at radius 3 is 1.59 bits per heavy atom. The van der Waals surface area contributed by atoms with E-state index in [-0.39, 0.29) is 5.95 Å². The molecule has 5 nitrogen and oxygen atoms in total. The maximum absolute atomic E-state index is 8.90. The van der Waals surface area contributed by atoms with Gasteiger partial charge in [0.25, 0.3) is 0 Å². The topological polar surface area (TPSA) is 60.7 Å². The van der Waals surface area contributed by atoms with Gasteiger partial charge in [-0.1, -0.05) is 24.3 Å². The van der Waals surface area contributed by atoms with Crippen molar-refractivity contribution in [3.8, 4) is 29.1 Å². The Labute approximate surface area is 128 Å². The summed E-state index contributed by atoms with van der Waals surface area (Å²) < 4.78 is 21.6. The van der Waals surface area contributed by atoms with Crippen molar-refractivity contribution in [3.63, 3.8) is 0 Å². The molecule has 0 aliphatic heterocycles. The molecule has 2 aromatic carbocycles. The zero-order valence-electron chi connectivity index (χ0n) is 12.3. The van der Waals surface area contributed by atoms with Gasteiger partial charge in [-0.15, -0.1) is 0 Å². The number of benzene rings is 2. The van der Waals surface area contributed by atoms with Crippen LogP contribution in [0.1, 0.15) is 0 Å². The molecule has 0 spiro atoms. The molecule has 0 heterocycles.